The molecule has 0 saturated carbocycles. The number of rotatable bonds is 5. The first kappa shape index (κ1) is 13.6. The van der Waals surface area contributed by atoms with Gasteiger partial charge in [-0.05, 0) is 12.5 Å². The zero-order valence-electron chi connectivity index (χ0n) is 10.3. The van der Waals surface area contributed by atoms with Crippen molar-refractivity contribution in [1.29, 1.82) is 0 Å². The van der Waals surface area contributed by atoms with Crippen molar-refractivity contribution in [3.05, 3.63) is 66.6 Å². The fourth-order valence-electron chi connectivity index (χ4n) is 1.50. The molecule has 1 radical (unpaired) electrons. The minimum absolute atomic E-state index is 0.0469. The average Bonchev–Trinajstić information content (AvgIpc) is 2.39. The second kappa shape index (κ2) is 5.90. The first-order chi connectivity index (χ1) is 9.05. The van der Waals surface area contributed by atoms with Gasteiger partial charge in [0, 0.05) is 6.20 Å². The van der Waals surface area contributed by atoms with E-state index in [1.807, 2.05) is 18.2 Å². The van der Waals surface area contributed by atoms with E-state index in [0.717, 1.165) is 5.56 Å². The van der Waals surface area contributed by atoms with Crippen LogP contribution in [0.3, 0.4) is 0 Å². The molecule has 99 valence electrons. The number of benzene rings is 1. The molecular weight excluding hydrogens is 262 g/mol. The van der Waals surface area contributed by atoms with Gasteiger partial charge in [0.05, 0.1) is 29.9 Å². The topological polar surface area (TPSA) is 72.0 Å². The summed E-state index contributed by atoms with van der Waals surface area (Å²) in [5, 5.41) is 0. The van der Waals surface area contributed by atoms with Gasteiger partial charge in [0.25, 0.3) is 0 Å². The van der Waals surface area contributed by atoms with Crippen LogP contribution < -0.4 is 4.72 Å². The third kappa shape index (κ3) is 4.42. The highest BCUT2D eigenvalue weighted by molar-refractivity contribution is 7.88. The number of nitrogens with zero attached hydrogens (tertiary/aromatic N) is 2. The summed E-state index contributed by atoms with van der Waals surface area (Å²) in [5.74, 6) is -0.0469. The Morgan fingerprint density at radius 2 is 1.84 bits per heavy atom. The van der Waals surface area contributed by atoms with Gasteiger partial charge < -0.3 is 0 Å². The highest BCUT2D eigenvalue weighted by atomic mass is 32.2. The van der Waals surface area contributed by atoms with E-state index in [4.69, 9.17) is 0 Å². The van der Waals surface area contributed by atoms with Gasteiger partial charge in [-0.2, -0.15) is 0 Å². The number of aromatic nitrogens is 2. The molecule has 1 aromatic heterocycles. The van der Waals surface area contributed by atoms with Crippen molar-refractivity contribution in [3.63, 3.8) is 0 Å². The van der Waals surface area contributed by atoms with Gasteiger partial charge in [-0.15, -0.1) is 0 Å². The minimum Gasteiger partial charge on any atom is -0.258 e. The Labute approximate surface area is 112 Å². The molecule has 2 aromatic rings. The van der Waals surface area contributed by atoms with Crippen LogP contribution in [0.4, 0.5) is 0 Å². The van der Waals surface area contributed by atoms with E-state index in [2.05, 4.69) is 21.6 Å². The highest BCUT2D eigenvalue weighted by Crippen LogP contribution is 2.04. The quantitative estimate of drug-likeness (QED) is 0.893. The monoisotopic (exact) mass is 276 g/mol. The average molecular weight is 276 g/mol. The second-order valence-corrected chi connectivity index (χ2v) is 5.87. The van der Waals surface area contributed by atoms with Gasteiger partial charge in [-0.3, -0.25) is 9.97 Å². The molecule has 2 rings (SSSR count). The van der Waals surface area contributed by atoms with Crippen LogP contribution >= 0.6 is 0 Å². The van der Waals surface area contributed by atoms with Crippen LogP contribution in [-0.4, -0.2) is 18.4 Å². The molecule has 0 aliphatic heterocycles. The fraction of sp³-hybridized carbons (Fsp3) is 0.154. The molecule has 0 unspecified atom stereocenters. The lowest BCUT2D eigenvalue weighted by Crippen LogP contribution is -2.25. The standard InChI is InChI=1S/C13H14N3O2S/c1-11-7-15-13(8-14-11)9-16-19(17,18)10-12-5-3-2-4-6-12/h2-8,16H,1,9-10H2. The van der Waals surface area contributed by atoms with Crippen molar-refractivity contribution >= 4 is 10.0 Å². The molecule has 19 heavy (non-hydrogen) atoms. The number of nitrogens with one attached hydrogen (secondary N) is 1. The molecule has 6 heteroatoms. The summed E-state index contributed by atoms with van der Waals surface area (Å²) in [6.07, 6.45) is 3.01. The van der Waals surface area contributed by atoms with E-state index in [1.54, 1.807) is 12.1 Å². The number of hydrogen-bond acceptors (Lipinski definition) is 4. The van der Waals surface area contributed by atoms with Crippen LogP contribution in [0, 0.1) is 6.92 Å². The first-order valence-corrected chi connectivity index (χ1v) is 7.34. The van der Waals surface area contributed by atoms with E-state index in [-0.39, 0.29) is 12.3 Å². The molecule has 0 amide bonds. The van der Waals surface area contributed by atoms with Crippen molar-refractivity contribution in [2.75, 3.05) is 0 Å². The van der Waals surface area contributed by atoms with E-state index < -0.39 is 10.0 Å². The molecule has 1 heterocycles. The summed E-state index contributed by atoms with van der Waals surface area (Å²) >= 11 is 0. The Bertz CT molecular complexity index is 625. The Kier molecular flexibility index (Phi) is 4.24. The van der Waals surface area contributed by atoms with E-state index >= 15 is 0 Å². The van der Waals surface area contributed by atoms with Crippen molar-refractivity contribution in [2.24, 2.45) is 0 Å². The number of hydrogen-bond donors (Lipinski definition) is 1. The maximum Gasteiger partial charge on any atom is 0.216 e. The van der Waals surface area contributed by atoms with E-state index in [0.29, 0.717) is 11.4 Å². The third-order valence-corrected chi connectivity index (χ3v) is 3.73. The normalized spacial score (nSPS) is 11.4. The van der Waals surface area contributed by atoms with Gasteiger partial charge in [0.2, 0.25) is 10.0 Å². The predicted octanol–water partition coefficient (Wildman–Crippen LogP) is 1.28. The van der Waals surface area contributed by atoms with E-state index in [9.17, 15) is 8.42 Å². The molecular formula is C13H14N3O2S. The molecule has 0 atom stereocenters. The Hall–Kier alpha value is -1.79. The highest BCUT2D eigenvalue weighted by Gasteiger charge is 2.11. The molecule has 0 bridgehead atoms. The molecule has 0 saturated heterocycles. The largest absolute Gasteiger partial charge is 0.258 e. The molecule has 5 nitrogen and oxygen atoms in total. The van der Waals surface area contributed by atoms with Crippen LogP contribution in [0.15, 0.2) is 42.7 Å². The molecule has 0 spiro atoms. The summed E-state index contributed by atoms with van der Waals surface area (Å²) < 4.78 is 26.2. The van der Waals surface area contributed by atoms with E-state index in [1.165, 1.54) is 12.4 Å². The van der Waals surface area contributed by atoms with Crippen LogP contribution in [0.5, 0.6) is 0 Å². The summed E-state index contributed by atoms with van der Waals surface area (Å²) in [6, 6.07) is 9.01. The van der Waals surface area contributed by atoms with Crippen LogP contribution in [0.25, 0.3) is 0 Å². The minimum atomic E-state index is -3.38. The molecule has 0 aliphatic carbocycles. The molecule has 1 aromatic carbocycles. The van der Waals surface area contributed by atoms with Crippen LogP contribution in [0.2, 0.25) is 0 Å². The third-order valence-electron chi connectivity index (χ3n) is 2.43. The smallest absolute Gasteiger partial charge is 0.216 e. The second-order valence-electron chi connectivity index (χ2n) is 4.06. The van der Waals surface area contributed by atoms with Crippen molar-refractivity contribution in [3.8, 4) is 0 Å². The van der Waals surface area contributed by atoms with Crippen molar-refractivity contribution in [1.82, 2.24) is 14.7 Å². The van der Waals surface area contributed by atoms with Crippen LogP contribution in [-0.2, 0) is 22.3 Å². The van der Waals surface area contributed by atoms with Gasteiger partial charge in [0.1, 0.15) is 0 Å². The predicted molar refractivity (Wildman–Crippen MR) is 72.4 cm³/mol. The van der Waals surface area contributed by atoms with Crippen LogP contribution in [0.1, 0.15) is 17.0 Å². The molecule has 1 N–H and O–H groups in total. The summed E-state index contributed by atoms with van der Waals surface area (Å²) in [6.45, 7) is 3.74. The summed E-state index contributed by atoms with van der Waals surface area (Å²) in [7, 11) is -3.38. The lowest BCUT2D eigenvalue weighted by molar-refractivity contribution is 0.579. The molecule has 0 aliphatic rings. The summed E-state index contributed by atoms with van der Waals surface area (Å²) in [5.41, 5.74) is 1.86. The van der Waals surface area contributed by atoms with Gasteiger partial charge in [-0.25, -0.2) is 13.1 Å². The lowest BCUT2D eigenvalue weighted by atomic mass is 10.2. The number of sulfonamides is 1. The van der Waals surface area contributed by atoms with Gasteiger partial charge in [-0.1, -0.05) is 30.3 Å². The summed E-state index contributed by atoms with van der Waals surface area (Å²) in [4.78, 5) is 7.99. The van der Waals surface area contributed by atoms with Gasteiger partial charge >= 0.3 is 0 Å². The first-order valence-electron chi connectivity index (χ1n) is 5.69. The maximum atomic E-state index is 11.9. The SMILES string of the molecule is [CH2]c1cnc(CNS(=O)(=O)Cc2ccccc2)cn1. The zero-order chi connectivity index (χ0) is 13.7. The van der Waals surface area contributed by atoms with Gasteiger partial charge in [0.15, 0.2) is 0 Å². The van der Waals surface area contributed by atoms with Crippen molar-refractivity contribution < 1.29 is 8.42 Å². The fourth-order valence-corrected chi connectivity index (χ4v) is 2.60. The molecule has 0 fully saturated rings. The zero-order valence-corrected chi connectivity index (χ0v) is 11.1. The Morgan fingerprint density at radius 3 is 2.47 bits per heavy atom. The maximum absolute atomic E-state index is 11.9. The Balaban J connectivity index is 1.96. The van der Waals surface area contributed by atoms with Crippen molar-refractivity contribution in [2.45, 2.75) is 12.3 Å². The lowest BCUT2D eigenvalue weighted by Gasteiger charge is -2.06. The Morgan fingerprint density at radius 1 is 1.11 bits per heavy atom.